The molecule has 0 saturated carbocycles. The third-order valence-electron chi connectivity index (χ3n) is 4.37. The van der Waals surface area contributed by atoms with Gasteiger partial charge in [0.15, 0.2) is 18.0 Å². The summed E-state index contributed by atoms with van der Waals surface area (Å²) in [7, 11) is 0. The predicted molar refractivity (Wildman–Crippen MR) is 105 cm³/mol. The number of pyridine rings is 1. The van der Waals surface area contributed by atoms with Gasteiger partial charge in [-0.25, -0.2) is 4.79 Å². The Bertz CT molecular complexity index is 1050. The van der Waals surface area contributed by atoms with Crippen LogP contribution in [0.25, 0.3) is 10.9 Å². The van der Waals surface area contributed by atoms with Gasteiger partial charge in [0.25, 0.3) is 5.91 Å². The van der Waals surface area contributed by atoms with Gasteiger partial charge in [0.05, 0.1) is 17.8 Å². The number of aliphatic hydroxyl groups excluding tert-OH is 1. The maximum absolute atomic E-state index is 13.0. The summed E-state index contributed by atoms with van der Waals surface area (Å²) in [6.07, 6.45) is -3.50. The highest BCUT2D eigenvalue weighted by Gasteiger charge is 2.42. The number of anilines is 1. The van der Waals surface area contributed by atoms with E-state index in [1.165, 1.54) is 24.3 Å². The summed E-state index contributed by atoms with van der Waals surface area (Å²) >= 11 is 0. The lowest BCUT2D eigenvalue weighted by Gasteiger charge is -2.35. The molecule has 2 heterocycles. The number of carbonyl (C=O) groups is 2. The Morgan fingerprint density at radius 2 is 2.00 bits per heavy atom. The molecule has 9 nitrogen and oxygen atoms in total. The SMILES string of the molecule is CC(C)(C)OC(=O)[C@H](O)[C@H]1OCCN(c2cc3ccc(=O)[nH]c3cc2OC(F)F)C1=O. The Balaban J connectivity index is 1.97. The van der Waals surface area contributed by atoms with E-state index >= 15 is 0 Å². The molecule has 2 N–H and O–H groups in total. The molecular weight excluding hydrogens is 418 g/mol. The molecule has 0 aliphatic carbocycles. The lowest BCUT2D eigenvalue weighted by molar-refractivity contribution is -0.177. The van der Waals surface area contributed by atoms with Gasteiger partial charge in [-0.1, -0.05) is 0 Å². The fraction of sp³-hybridized carbons (Fsp3) is 0.450. The number of H-pyrrole nitrogens is 1. The second-order valence-corrected chi connectivity index (χ2v) is 7.87. The summed E-state index contributed by atoms with van der Waals surface area (Å²) in [4.78, 5) is 40.3. The molecule has 1 saturated heterocycles. The highest BCUT2D eigenvalue weighted by Crippen LogP contribution is 2.35. The largest absolute Gasteiger partial charge is 0.458 e. The lowest BCUT2D eigenvalue weighted by Crippen LogP contribution is -2.55. The van der Waals surface area contributed by atoms with Gasteiger partial charge in [0.2, 0.25) is 5.56 Å². The van der Waals surface area contributed by atoms with Crippen molar-refractivity contribution in [2.45, 2.75) is 45.2 Å². The Kier molecular flexibility index (Phi) is 6.27. The molecule has 3 rings (SSSR count). The highest BCUT2D eigenvalue weighted by atomic mass is 19.3. The molecule has 2 aromatic rings. The number of carbonyl (C=O) groups excluding carboxylic acids is 2. The van der Waals surface area contributed by atoms with Crippen LogP contribution in [0.5, 0.6) is 5.75 Å². The van der Waals surface area contributed by atoms with Gasteiger partial charge in [0.1, 0.15) is 5.60 Å². The maximum Gasteiger partial charge on any atom is 0.387 e. The zero-order valence-electron chi connectivity index (χ0n) is 17.1. The fourth-order valence-electron chi connectivity index (χ4n) is 3.13. The first-order valence-corrected chi connectivity index (χ1v) is 9.42. The molecule has 0 spiro atoms. The predicted octanol–water partition coefficient (Wildman–Crippen LogP) is 1.56. The molecule has 1 aromatic heterocycles. The number of alkyl halides is 2. The first-order valence-electron chi connectivity index (χ1n) is 9.42. The Labute approximate surface area is 175 Å². The molecule has 1 aromatic carbocycles. The summed E-state index contributed by atoms with van der Waals surface area (Å²) in [6, 6.07) is 5.28. The van der Waals surface area contributed by atoms with E-state index in [4.69, 9.17) is 9.47 Å². The van der Waals surface area contributed by atoms with Crippen molar-refractivity contribution in [3.63, 3.8) is 0 Å². The van der Waals surface area contributed by atoms with Crippen LogP contribution in [0.1, 0.15) is 20.8 Å². The van der Waals surface area contributed by atoms with E-state index in [1.807, 2.05) is 0 Å². The zero-order chi connectivity index (χ0) is 22.9. The second kappa shape index (κ2) is 8.60. The van der Waals surface area contributed by atoms with E-state index in [1.54, 1.807) is 20.8 Å². The minimum absolute atomic E-state index is 0.0189. The average molecular weight is 440 g/mol. The van der Waals surface area contributed by atoms with Crippen LogP contribution >= 0.6 is 0 Å². The summed E-state index contributed by atoms with van der Waals surface area (Å²) in [5.41, 5.74) is -1.12. The smallest absolute Gasteiger partial charge is 0.387 e. The van der Waals surface area contributed by atoms with E-state index < -0.39 is 41.9 Å². The number of aromatic nitrogens is 1. The van der Waals surface area contributed by atoms with Crippen molar-refractivity contribution >= 4 is 28.5 Å². The molecule has 168 valence electrons. The third-order valence-corrected chi connectivity index (χ3v) is 4.37. The molecule has 0 bridgehead atoms. The number of nitrogens with zero attached hydrogens (tertiary/aromatic N) is 1. The van der Waals surface area contributed by atoms with Crippen molar-refractivity contribution in [3.05, 3.63) is 34.6 Å². The minimum Gasteiger partial charge on any atom is -0.458 e. The fourth-order valence-corrected chi connectivity index (χ4v) is 3.13. The lowest BCUT2D eigenvalue weighted by atomic mass is 10.1. The molecule has 0 radical (unpaired) electrons. The van der Waals surface area contributed by atoms with Crippen molar-refractivity contribution in [2.75, 3.05) is 18.1 Å². The topological polar surface area (TPSA) is 118 Å². The number of nitrogens with one attached hydrogen (secondary N) is 1. The van der Waals surface area contributed by atoms with Gasteiger partial charge < -0.3 is 29.2 Å². The number of aromatic amines is 1. The first kappa shape index (κ1) is 22.6. The quantitative estimate of drug-likeness (QED) is 0.678. The maximum atomic E-state index is 13.0. The van der Waals surface area contributed by atoms with Gasteiger partial charge in [-0.2, -0.15) is 8.78 Å². The van der Waals surface area contributed by atoms with Gasteiger partial charge >= 0.3 is 12.6 Å². The molecule has 2 atom stereocenters. The Hall–Kier alpha value is -3.05. The van der Waals surface area contributed by atoms with Crippen LogP contribution in [0, 0.1) is 0 Å². The molecule has 0 unspecified atom stereocenters. The number of hydrogen-bond donors (Lipinski definition) is 2. The van der Waals surface area contributed by atoms with Gasteiger partial charge in [0, 0.05) is 24.1 Å². The van der Waals surface area contributed by atoms with E-state index in [9.17, 15) is 28.3 Å². The molecular formula is C20H22F2N2O7. The number of benzene rings is 1. The van der Waals surface area contributed by atoms with Crippen molar-refractivity contribution in [1.29, 1.82) is 0 Å². The minimum atomic E-state index is -3.19. The summed E-state index contributed by atoms with van der Waals surface area (Å²) in [5, 5.41) is 10.8. The van der Waals surface area contributed by atoms with Crippen LogP contribution < -0.4 is 15.2 Å². The number of ether oxygens (including phenoxy) is 3. The van der Waals surface area contributed by atoms with Crippen molar-refractivity contribution in [1.82, 2.24) is 4.98 Å². The molecule has 11 heteroatoms. The number of morpholine rings is 1. The monoisotopic (exact) mass is 440 g/mol. The van der Waals surface area contributed by atoms with Crippen LogP contribution in [0.4, 0.5) is 14.5 Å². The number of hydrogen-bond acceptors (Lipinski definition) is 7. The van der Waals surface area contributed by atoms with Crippen LogP contribution in [0.2, 0.25) is 0 Å². The number of fused-ring (bicyclic) bond motifs is 1. The standard InChI is InChI=1S/C20H22F2N2O7/c1-20(2,3)31-18(28)15(26)16-17(27)24(6-7-29-16)12-8-10-4-5-14(25)23-11(10)9-13(12)30-19(21)22/h4-5,8-9,15-16,19,26H,6-7H2,1-3H3,(H,23,25)/t15-,16-/m1/s1. The number of halogens is 2. The highest BCUT2D eigenvalue weighted by molar-refractivity contribution is 6.03. The summed E-state index contributed by atoms with van der Waals surface area (Å²) in [6.45, 7) is 1.49. The number of aliphatic hydroxyl groups is 1. The van der Waals surface area contributed by atoms with Crippen molar-refractivity contribution in [3.8, 4) is 5.75 Å². The Morgan fingerprint density at radius 1 is 1.29 bits per heavy atom. The van der Waals surface area contributed by atoms with E-state index in [2.05, 4.69) is 9.72 Å². The third kappa shape index (κ3) is 5.17. The van der Waals surface area contributed by atoms with Crippen molar-refractivity contribution in [2.24, 2.45) is 0 Å². The van der Waals surface area contributed by atoms with Crippen LogP contribution in [0.3, 0.4) is 0 Å². The van der Waals surface area contributed by atoms with E-state index in [-0.39, 0.29) is 30.1 Å². The van der Waals surface area contributed by atoms with E-state index in [0.29, 0.717) is 5.39 Å². The van der Waals surface area contributed by atoms with Crippen LogP contribution in [-0.2, 0) is 19.1 Å². The molecule has 1 aliphatic heterocycles. The summed E-state index contributed by atoms with van der Waals surface area (Å²) in [5.74, 6) is -2.23. The molecule has 1 amide bonds. The van der Waals surface area contributed by atoms with Crippen LogP contribution in [0.15, 0.2) is 29.1 Å². The molecule has 1 aliphatic rings. The molecule has 1 fully saturated rings. The second-order valence-electron chi connectivity index (χ2n) is 7.87. The van der Waals surface area contributed by atoms with Crippen molar-refractivity contribution < 1.29 is 37.7 Å². The Morgan fingerprint density at radius 3 is 2.65 bits per heavy atom. The summed E-state index contributed by atoms with van der Waals surface area (Å²) < 4.78 is 40.9. The number of esters is 1. The van der Waals surface area contributed by atoms with Gasteiger partial charge in [-0.3, -0.25) is 9.59 Å². The van der Waals surface area contributed by atoms with Crippen LogP contribution in [-0.4, -0.2) is 59.5 Å². The van der Waals surface area contributed by atoms with Gasteiger partial charge in [-0.15, -0.1) is 0 Å². The van der Waals surface area contributed by atoms with E-state index in [0.717, 1.165) is 4.90 Å². The number of amides is 1. The normalized spacial score (nSPS) is 18.4. The zero-order valence-corrected chi connectivity index (χ0v) is 17.1. The number of rotatable bonds is 5. The van der Waals surface area contributed by atoms with Gasteiger partial charge in [-0.05, 0) is 32.9 Å². The molecule has 31 heavy (non-hydrogen) atoms. The first-order chi connectivity index (χ1) is 14.5. The average Bonchev–Trinajstić information content (AvgIpc) is 2.65.